The molecule has 6 heteroatoms. The molecule has 0 aliphatic rings. The molecule has 0 atom stereocenters. The standard InChI is InChI=1S/C13H9FN2O3/c14-7-3-1-2-4-10(7)18-11-6-9-12(5-8(11)15)19-13(17)16-9/h1-6H,15H2,(H,16,17). The second-order valence-corrected chi connectivity index (χ2v) is 3.93. The minimum atomic E-state index is -0.586. The summed E-state index contributed by atoms with van der Waals surface area (Å²) in [6.07, 6.45) is 0. The molecule has 1 heterocycles. The Bertz CT molecular complexity index is 807. The van der Waals surface area contributed by atoms with Gasteiger partial charge in [-0.2, -0.15) is 0 Å². The van der Waals surface area contributed by atoms with Gasteiger partial charge in [0.15, 0.2) is 22.9 Å². The molecule has 3 aromatic rings. The summed E-state index contributed by atoms with van der Waals surface area (Å²) in [5, 5.41) is 0. The number of H-pyrrole nitrogens is 1. The number of nitrogens with one attached hydrogen (secondary N) is 1. The molecule has 19 heavy (non-hydrogen) atoms. The molecular weight excluding hydrogens is 251 g/mol. The summed E-state index contributed by atoms with van der Waals surface area (Å²) in [5.74, 6) is -0.783. The molecule has 5 nitrogen and oxygen atoms in total. The van der Waals surface area contributed by atoms with Crippen LogP contribution in [0.4, 0.5) is 10.1 Å². The van der Waals surface area contributed by atoms with E-state index in [1.165, 1.54) is 24.3 Å². The molecule has 0 amide bonds. The van der Waals surface area contributed by atoms with Gasteiger partial charge in [0.1, 0.15) is 0 Å². The first-order valence-corrected chi connectivity index (χ1v) is 5.48. The molecule has 3 N–H and O–H groups in total. The number of rotatable bonds is 2. The second kappa shape index (κ2) is 4.16. The highest BCUT2D eigenvalue weighted by molar-refractivity contribution is 5.80. The van der Waals surface area contributed by atoms with E-state index in [0.29, 0.717) is 11.1 Å². The Hall–Kier alpha value is -2.76. The Kier molecular flexibility index (Phi) is 2.49. The Morgan fingerprint density at radius 2 is 2.00 bits per heavy atom. The van der Waals surface area contributed by atoms with Crippen LogP contribution in [0.25, 0.3) is 11.1 Å². The smallest absolute Gasteiger partial charge is 0.417 e. The molecule has 0 fully saturated rings. The first kappa shape index (κ1) is 11.3. The number of benzene rings is 2. The molecule has 0 saturated carbocycles. The number of nitrogen functional groups attached to an aromatic ring is 1. The van der Waals surface area contributed by atoms with Gasteiger partial charge in [-0.05, 0) is 12.1 Å². The van der Waals surface area contributed by atoms with E-state index in [2.05, 4.69) is 4.98 Å². The average Bonchev–Trinajstić information content (AvgIpc) is 2.71. The summed E-state index contributed by atoms with van der Waals surface area (Å²) in [6, 6.07) is 8.90. The fourth-order valence-electron chi connectivity index (χ4n) is 1.73. The molecule has 0 aliphatic heterocycles. The maximum absolute atomic E-state index is 13.5. The minimum absolute atomic E-state index is 0.0550. The lowest BCUT2D eigenvalue weighted by Gasteiger charge is -2.08. The van der Waals surface area contributed by atoms with Crippen LogP contribution in [0.3, 0.4) is 0 Å². The summed E-state index contributed by atoms with van der Waals surface area (Å²) < 4.78 is 23.7. The van der Waals surface area contributed by atoms with E-state index in [9.17, 15) is 9.18 Å². The number of hydrogen-bond donors (Lipinski definition) is 2. The zero-order valence-corrected chi connectivity index (χ0v) is 9.64. The van der Waals surface area contributed by atoms with E-state index in [4.69, 9.17) is 14.9 Å². The van der Waals surface area contributed by atoms with Crippen molar-refractivity contribution in [3.05, 3.63) is 52.8 Å². The van der Waals surface area contributed by atoms with Crippen molar-refractivity contribution in [3.8, 4) is 11.5 Å². The predicted molar refractivity (Wildman–Crippen MR) is 67.7 cm³/mol. The van der Waals surface area contributed by atoms with E-state index < -0.39 is 11.6 Å². The van der Waals surface area contributed by atoms with Gasteiger partial charge in [0.25, 0.3) is 0 Å². The van der Waals surface area contributed by atoms with Crippen LogP contribution in [0.15, 0.2) is 45.6 Å². The Labute approximate surface area is 106 Å². The third-order valence-electron chi connectivity index (χ3n) is 2.61. The van der Waals surface area contributed by atoms with Crippen LogP contribution < -0.4 is 16.2 Å². The van der Waals surface area contributed by atoms with Crippen LogP contribution in [-0.2, 0) is 0 Å². The molecule has 0 aliphatic carbocycles. The van der Waals surface area contributed by atoms with Crippen LogP contribution in [0.1, 0.15) is 0 Å². The van der Waals surface area contributed by atoms with Crippen LogP contribution in [0.5, 0.6) is 11.5 Å². The number of anilines is 1. The van der Waals surface area contributed by atoms with Crippen molar-refractivity contribution in [2.24, 2.45) is 0 Å². The van der Waals surface area contributed by atoms with Crippen molar-refractivity contribution in [1.82, 2.24) is 4.98 Å². The lowest BCUT2D eigenvalue weighted by atomic mass is 10.2. The van der Waals surface area contributed by atoms with Crippen molar-refractivity contribution in [2.75, 3.05) is 5.73 Å². The van der Waals surface area contributed by atoms with Gasteiger partial charge < -0.3 is 14.9 Å². The van der Waals surface area contributed by atoms with Crippen molar-refractivity contribution < 1.29 is 13.5 Å². The zero-order chi connectivity index (χ0) is 13.4. The van der Waals surface area contributed by atoms with Gasteiger partial charge >= 0.3 is 5.76 Å². The highest BCUT2D eigenvalue weighted by Crippen LogP contribution is 2.31. The number of fused-ring (bicyclic) bond motifs is 1. The fraction of sp³-hybridized carbons (Fsp3) is 0. The summed E-state index contributed by atoms with van der Waals surface area (Å²) >= 11 is 0. The van der Waals surface area contributed by atoms with Gasteiger partial charge in [-0.3, -0.25) is 4.98 Å². The zero-order valence-electron chi connectivity index (χ0n) is 9.64. The number of nitrogens with two attached hydrogens (primary N) is 1. The SMILES string of the molecule is Nc1cc2oc(=O)[nH]c2cc1Oc1ccccc1F. The second-order valence-electron chi connectivity index (χ2n) is 3.93. The number of hydrogen-bond acceptors (Lipinski definition) is 4. The van der Waals surface area contributed by atoms with Gasteiger partial charge in [-0.15, -0.1) is 0 Å². The summed E-state index contributed by atoms with van der Waals surface area (Å²) in [4.78, 5) is 13.5. The van der Waals surface area contributed by atoms with Crippen LogP contribution in [0, 0.1) is 5.82 Å². The van der Waals surface area contributed by atoms with Gasteiger partial charge in [0, 0.05) is 12.1 Å². The maximum Gasteiger partial charge on any atom is 0.417 e. The largest absolute Gasteiger partial charge is 0.452 e. The lowest BCUT2D eigenvalue weighted by Crippen LogP contribution is -1.94. The quantitative estimate of drug-likeness (QED) is 0.694. The van der Waals surface area contributed by atoms with E-state index in [0.717, 1.165) is 0 Å². The topological polar surface area (TPSA) is 81.2 Å². The molecule has 0 radical (unpaired) electrons. The maximum atomic E-state index is 13.5. The number of oxazole rings is 1. The number of halogens is 1. The monoisotopic (exact) mass is 260 g/mol. The minimum Gasteiger partial charge on any atom is -0.452 e. The molecule has 0 unspecified atom stereocenters. The number of ether oxygens (including phenoxy) is 1. The fourth-order valence-corrected chi connectivity index (χ4v) is 1.73. The molecule has 3 rings (SSSR count). The van der Waals surface area contributed by atoms with Gasteiger partial charge in [-0.25, -0.2) is 9.18 Å². The van der Waals surface area contributed by atoms with Crippen LogP contribution in [-0.4, -0.2) is 4.98 Å². The molecule has 96 valence electrons. The Morgan fingerprint density at radius 3 is 2.79 bits per heavy atom. The van der Waals surface area contributed by atoms with E-state index in [-0.39, 0.29) is 17.2 Å². The third-order valence-corrected chi connectivity index (χ3v) is 2.61. The average molecular weight is 260 g/mol. The third kappa shape index (κ3) is 2.03. The Morgan fingerprint density at radius 1 is 1.21 bits per heavy atom. The molecule has 0 saturated heterocycles. The normalized spacial score (nSPS) is 10.8. The predicted octanol–water partition coefficient (Wildman–Crippen LogP) is 2.63. The van der Waals surface area contributed by atoms with Crippen LogP contribution >= 0.6 is 0 Å². The summed E-state index contributed by atoms with van der Waals surface area (Å²) in [7, 11) is 0. The lowest BCUT2D eigenvalue weighted by molar-refractivity contribution is 0.444. The highest BCUT2D eigenvalue weighted by Gasteiger charge is 2.10. The molecule has 0 spiro atoms. The number of aromatic amines is 1. The van der Waals surface area contributed by atoms with E-state index in [1.807, 2.05) is 0 Å². The Balaban J connectivity index is 2.07. The molecular formula is C13H9FN2O3. The first-order chi connectivity index (χ1) is 9.13. The van der Waals surface area contributed by atoms with E-state index >= 15 is 0 Å². The van der Waals surface area contributed by atoms with Gasteiger partial charge in [0.2, 0.25) is 0 Å². The van der Waals surface area contributed by atoms with Crippen molar-refractivity contribution in [2.45, 2.75) is 0 Å². The van der Waals surface area contributed by atoms with Crippen LogP contribution in [0.2, 0.25) is 0 Å². The number of aromatic nitrogens is 1. The van der Waals surface area contributed by atoms with Crippen molar-refractivity contribution in [1.29, 1.82) is 0 Å². The number of para-hydroxylation sites is 1. The summed E-state index contributed by atoms with van der Waals surface area (Å²) in [5.41, 5.74) is 6.78. The highest BCUT2D eigenvalue weighted by atomic mass is 19.1. The molecule has 2 aromatic carbocycles. The molecule has 0 bridgehead atoms. The van der Waals surface area contributed by atoms with E-state index in [1.54, 1.807) is 12.1 Å². The van der Waals surface area contributed by atoms with Gasteiger partial charge in [-0.1, -0.05) is 12.1 Å². The van der Waals surface area contributed by atoms with Crippen molar-refractivity contribution in [3.63, 3.8) is 0 Å². The van der Waals surface area contributed by atoms with Crippen molar-refractivity contribution >= 4 is 16.8 Å². The summed E-state index contributed by atoms with van der Waals surface area (Å²) in [6.45, 7) is 0. The molecule has 1 aromatic heterocycles. The van der Waals surface area contributed by atoms with Gasteiger partial charge in [0.05, 0.1) is 11.2 Å². The first-order valence-electron chi connectivity index (χ1n) is 5.48.